The smallest absolute Gasteiger partial charge is 0.158 e. The highest BCUT2D eigenvalue weighted by Crippen LogP contribution is 2.03. The molecule has 76 valence electrons. The minimum atomic E-state index is -0.943. The average molecular weight is 188 g/mol. The molecule has 1 unspecified atom stereocenters. The van der Waals surface area contributed by atoms with E-state index in [0.29, 0.717) is 19.3 Å². The number of aliphatic hydroxyl groups excluding tert-OH is 2. The van der Waals surface area contributed by atoms with Crippen LogP contribution in [0, 0.1) is 0 Å². The van der Waals surface area contributed by atoms with Crippen molar-refractivity contribution in [3.63, 3.8) is 0 Å². The fraction of sp³-hybridized carbons (Fsp3) is 0.778. The number of hydrogen-bond donors (Lipinski definition) is 2. The molecule has 0 amide bonds. The van der Waals surface area contributed by atoms with E-state index in [1.165, 1.54) is 6.92 Å². The molecular formula is C9H16O4. The van der Waals surface area contributed by atoms with E-state index in [4.69, 9.17) is 10.2 Å². The van der Waals surface area contributed by atoms with Crippen LogP contribution in [0.5, 0.6) is 0 Å². The number of carbonyl (C=O) groups excluding carboxylic acids is 2. The molecule has 0 bridgehead atoms. The van der Waals surface area contributed by atoms with E-state index in [9.17, 15) is 9.59 Å². The van der Waals surface area contributed by atoms with Gasteiger partial charge < -0.3 is 10.2 Å². The molecule has 0 aliphatic carbocycles. The molecule has 0 saturated heterocycles. The zero-order chi connectivity index (χ0) is 10.3. The van der Waals surface area contributed by atoms with Gasteiger partial charge in [-0.3, -0.25) is 9.59 Å². The Morgan fingerprint density at radius 3 is 2.38 bits per heavy atom. The average Bonchev–Trinajstić information content (AvgIpc) is 2.04. The Bertz CT molecular complexity index is 176. The third-order valence-corrected chi connectivity index (χ3v) is 1.79. The highest BCUT2D eigenvalue weighted by molar-refractivity contribution is 5.80. The van der Waals surface area contributed by atoms with Crippen molar-refractivity contribution in [1.82, 2.24) is 0 Å². The van der Waals surface area contributed by atoms with Crippen molar-refractivity contribution in [2.45, 2.75) is 38.7 Å². The van der Waals surface area contributed by atoms with Crippen LogP contribution in [-0.4, -0.2) is 34.5 Å². The third kappa shape index (κ3) is 6.42. The zero-order valence-corrected chi connectivity index (χ0v) is 7.82. The molecule has 0 aromatic heterocycles. The first-order valence-electron chi connectivity index (χ1n) is 4.39. The molecule has 2 N–H and O–H groups in total. The van der Waals surface area contributed by atoms with Crippen LogP contribution in [0.2, 0.25) is 0 Å². The van der Waals surface area contributed by atoms with Gasteiger partial charge in [-0.15, -0.1) is 0 Å². The molecule has 0 aromatic rings. The number of rotatable bonds is 7. The van der Waals surface area contributed by atoms with E-state index < -0.39 is 6.10 Å². The first-order valence-corrected chi connectivity index (χ1v) is 4.39. The Hall–Kier alpha value is -0.740. The van der Waals surface area contributed by atoms with E-state index in [-0.39, 0.29) is 24.6 Å². The van der Waals surface area contributed by atoms with Gasteiger partial charge in [-0.05, 0) is 19.8 Å². The Kier molecular flexibility index (Phi) is 6.36. The van der Waals surface area contributed by atoms with Gasteiger partial charge in [-0.1, -0.05) is 0 Å². The van der Waals surface area contributed by atoms with Crippen molar-refractivity contribution in [3.8, 4) is 0 Å². The molecule has 1 atom stereocenters. The quantitative estimate of drug-likeness (QED) is 0.592. The van der Waals surface area contributed by atoms with Crippen LogP contribution in [0.15, 0.2) is 0 Å². The zero-order valence-electron chi connectivity index (χ0n) is 7.82. The lowest BCUT2D eigenvalue weighted by Gasteiger charge is -2.04. The van der Waals surface area contributed by atoms with E-state index >= 15 is 0 Å². The summed E-state index contributed by atoms with van der Waals surface area (Å²) in [6, 6.07) is 0. The van der Waals surface area contributed by atoms with Crippen LogP contribution in [0.25, 0.3) is 0 Å². The first kappa shape index (κ1) is 12.3. The summed E-state index contributed by atoms with van der Waals surface area (Å²) in [5, 5.41) is 17.5. The predicted molar refractivity (Wildman–Crippen MR) is 47.2 cm³/mol. The molecule has 0 aliphatic rings. The van der Waals surface area contributed by atoms with Crippen molar-refractivity contribution in [3.05, 3.63) is 0 Å². The van der Waals surface area contributed by atoms with Crippen molar-refractivity contribution < 1.29 is 19.8 Å². The second kappa shape index (κ2) is 6.74. The van der Waals surface area contributed by atoms with Crippen molar-refractivity contribution in [2.75, 3.05) is 6.61 Å². The van der Waals surface area contributed by atoms with Gasteiger partial charge in [-0.2, -0.15) is 0 Å². The van der Waals surface area contributed by atoms with Crippen LogP contribution in [0.4, 0.5) is 0 Å². The van der Waals surface area contributed by atoms with Gasteiger partial charge in [0.15, 0.2) is 5.78 Å². The summed E-state index contributed by atoms with van der Waals surface area (Å²) < 4.78 is 0. The predicted octanol–water partition coefficient (Wildman–Crippen LogP) is 0.0581. The lowest BCUT2D eigenvalue weighted by Crippen LogP contribution is -2.17. The normalized spacial score (nSPS) is 12.5. The number of aliphatic hydroxyl groups is 2. The minimum Gasteiger partial charge on any atom is -0.396 e. The van der Waals surface area contributed by atoms with Crippen LogP contribution in [-0.2, 0) is 9.59 Å². The largest absolute Gasteiger partial charge is 0.396 e. The number of Topliss-reactive ketones (excluding diaryl/α,β-unsaturated/α-hetero) is 2. The molecule has 0 rings (SSSR count). The van der Waals surface area contributed by atoms with Gasteiger partial charge in [0.05, 0.1) is 0 Å². The van der Waals surface area contributed by atoms with E-state index in [1.807, 2.05) is 0 Å². The van der Waals surface area contributed by atoms with E-state index in [1.54, 1.807) is 0 Å². The minimum absolute atomic E-state index is 0.0294. The van der Waals surface area contributed by atoms with Gasteiger partial charge in [0, 0.05) is 19.4 Å². The van der Waals surface area contributed by atoms with Gasteiger partial charge in [-0.25, -0.2) is 0 Å². The van der Waals surface area contributed by atoms with Crippen LogP contribution in [0.3, 0.4) is 0 Å². The van der Waals surface area contributed by atoms with Gasteiger partial charge in [0.1, 0.15) is 11.9 Å². The Balaban J connectivity index is 3.44. The molecule has 4 nitrogen and oxygen atoms in total. The maximum Gasteiger partial charge on any atom is 0.158 e. The Morgan fingerprint density at radius 2 is 1.92 bits per heavy atom. The molecule has 0 aromatic carbocycles. The fourth-order valence-electron chi connectivity index (χ4n) is 0.946. The van der Waals surface area contributed by atoms with Crippen molar-refractivity contribution in [1.29, 1.82) is 0 Å². The van der Waals surface area contributed by atoms with E-state index in [0.717, 1.165) is 0 Å². The maximum atomic E-state index is 10.9. The van der Waals surface area contributed by atoms with Crippen molar-refractivity contribution in [2.24, 2.45) is 0 Å². The second-order valence-electron chi connectivity index (χ2n) is 3.03. The Morgan fingerprint density at radius 1 is 1.31 bits per heavy atom. The van der Waals surface area contributed by atoms with Gasteiger partial charge in [0.25, 0.3) is 0 Å². The standard InChI is InChI=1S/C9H16O4/c1-7(11)9(13)4-2-3-8(12)5-6-10/h9-10,13H,2-6H2,1H3. The fourth-order valence-corrected chi connectivity index (χ4v) is 0.946. The molecule has 0 radical (unpaired) electrons. The molecule has 0 fully saturated rings. The van der Waals surface area contributed by atoms with Crippen LogP contribution in [0.1, 0.15) is 32.6 Å². The number of ketones is 2. The molecule has 4 heteroatoms. The van der Waals surface area contributed by atoms with Crippen LogP contribution >= 0.6 is 0 Å². The summed E-state index contributed by atoms with van der Waals surface area (Å²) in [7, 11) is 0. The topological polar surface area (TPSA) is 74.6 Å². The molecule has 0 spiro atoms. The summed E-state index contributed by atoms with van der Waals surface area (Å²) in [4.78, 5) is 21.4. The summed E-state index contributed by atoms with van der Waals surface area (Å²) in [6.07, 6.45) is 0.370. The molecular weight excluding hydrogens is 172 g/mol. The van der Waals surface area contributed by atoms with Gasteiger partial charge >= 0.3 is 0 Å². The number of carbonyl (C=O) groups is 2. The first-order chi connectivity index (χ1) is 6.07. The lowest BCUT2D eigenvalue weighted by atomic mass is 10.1. The van der Waals surface area contributed by atoms with E-state index in [2.05, 4.69) is 0 Å². The highest BCUT2D eigenvalue weighted by Gasteiger charge is 2.09. The molecule has 0 saturated carbocycles. The second-order valence-corrected chi connectivity index (χ2v) is 3.03. The SMILES string of the molecule is CC(=O)C(O)CCCC(=O)CCO. The monoisotopic (exact) mass is 188 g/mol. The summed E-state index contributed by atoms with van der Waals surface area (Å²) in [5.41, 5.74) is 0. The summed E-state index contributed by atoms with van der Waals surface area (Å²) in [5.74, 6) is -0.298. The molecule has 13 heavy (non-hydrogen) atoms. The Labute approximate surface area is 77.6 Å². The van der Waals surface area contributed by atoms with Crippen molar-refractivity contribution >= 4 is 11.6 Å². The van der Waals surface area contributed by atoms with Crippen LogP contribution < -0.4 is 0 Å². The van der Waals surface area contributed by atoms with Gasteiger partial charge in [0.2, 0.25) is 0 Å². The lowest BCUT2D eigenvalue weighted by molar-refractivity contribution is -0.126. The third-order valence-electron chi connectivity index (χ3n) is 1.79. The summed E-state index contributed by atoms with van der Waals surface area (Å²) >= 11 is 0. The maximum absolute atomic E-state index is 10.9. The summed E-state index contributed by atoms with van der Waals surface area (Å²) in [6.45, 7) is 1.19. The molecule has 0 heterocycles. The molecule has 0 aliphatic heterocycles. The number of hydrogen-bond acceptors (Lipinski definition) is 4. The highest BCUT2D eigenvalue weighted by atomic mass is 16.3.